The number of amides is 1. The van der Waals surface area contributed by atoms with Gasteiger partial charge in [-0.15, -0.1) is 5.10 Å². The number of carbonyl (C=O) groups is 1. The molecule has 2 aromatic heterocycles. The Morgan fingerprint density at radius 1 is 1.36 bits per heavy atom. The minimum absolute atomic E-state index is 0.0917. The largest absolute Gasteiger partial charge is 0.473 e. The number of pyridine rings is 1. The van der Waals surface area contributed by atoms with Crippen LogP contribution in [0.3, 0.4) is 0 Å². The lowest BCUT2D eigenvalue weighted by Crippen LogP contribution is -2.33. The van der Waals surface area contributed by atoms with Crippen molar-refractivity contribution in [3.63, 3.8) is 0 Å². The molecule has 0 spiro atoms. The lowest BCUT2D eigenvalue weighted by molar-refractivity contribution is -0.101. The predicted molar refractivity (Wildman–Crippen MR) is 104 cm³/mol. The molecular formula is C20H22N4O4. The maximum atomic E-state index is 12.5. The monoisotopic (exact) mass is 382 g/mol. The number of benzene rings is 1. The van der Waals surface area contributed by atoms with Crippen molar-refractivity contribution in [1.82, 2.24) is 14.8 Å². The first-order valence-electron chi connectivity index (χ1n) is 9.13. The van der Waals surface area contributed by atoms with Crippen LogP contribution < -0.4 is 10.1 Å². The summed E-state index contributed by atoms with van der Waals surface area (Å²) >= 11 is 0. The van der Waals surface area contributed by atoms with E-state index in [2.05, 4.69) is 15.4 Å². The van der Waals surface area contributed by atoms with E-state index >= 15 is 0 Å². The normalized spacial score (nSPS) is 16.9. The first kappa shape index (κ1) is 18.4. The fourth-order valence-electron chi connectivity index (χ4n) is 3.13. The molecule has 1 aliphatic rings. The fraction of sp³-hybridized carbons (Fsp3) is 0.350. The van der Waals surface area contributed by atoms with Gasteiger partial charge in [0.15, 0.2) is 0 Å². The van der Waals surface area contributed by atoms with Crippen LogP contribution in [0.2, 0.25) is 0 Å². The highest BCUT2D eigenvalue weighted by molar-refractivity contribution is 6.04. The van der Waals surface area contributed by atoms with E-state index in [1.807, 2.05) is 38.2 Å². The van der Waals surface area contributed by atoms with Crippen LogP contribution in [0.1, 0.15) is 16.1 Å². The number of nitrogens with one attached hydrogen (secondary N) is 1. The number of ether oxygens (including phenoxy) is 3. The Balaban J connectivity index is 1.50. The van der Waals surface area contributed by atoms with E-state index in [4.69, 9.17) is 14.2 Å². The van der Waals surface area contributed by atoms with Gasteiger partial charge in [0.1, 0.15) is 18.4 Å². The van der Waals surface area contributed by atoms with Crippen molar-refractivity contribution in [3.05, 3.63) is 47.8 Å². The van der Waals surface area contributed by atoms with Crippen molar-refractivity contribution in [2.24, 2.45) is 7.05 Å². The van der Waals surface area contributed by atoms with Crippen LogP contribution in [0.25, 0.3) is 10.9 Å². The van der Waals surface area contributed by atoms with Gasteiger partial charge in [0.05, 0.1) is 30.7 Å². The Labute approximate surface area is 162 Å². The first-order valence-corrected chi connectivity index (χ1v) is 9.13. The van der Waals surface area contributed by atoms with Crippen LogP contribution in [0, 0.1) is 6.92 Å². The zero-order valence-electron chi connectivity index (χ0n) is 15.8. The second-order valence-electron chi connectivity index (χ2n) is 6.66. The Morgan fingerprint density at radius 3 is 3.04 bits per heavy atom. The van der Waals surface area contributed by atoms with Gasteiger partial charge >= 0.3 is 0 Å². The molecule has 3 aromatic rings. The number of carbonyl (C=O) groups excluding carboxylic acids is 1. The summed E-state index contributed by atoms with van der Waals surface area (Å²) in [5.74, 6) is 0.288. The van der Waals surface area contributed by atoms with E-state index < -0.39 is 0 Å². The highest BCUT2D eigenvalue weighted by atomic mass is 16.6. The summed E-state index contributed by atoms with van der Waals surface area (Å²) in [6, 6.07) is 9.24. The van der Waals surface area contributed by atoms with Crippen LogP contribution in [0.15, 0.2) is 36.5 Å². The van der Waals surface area contributed by atoms with Gasteiger partial charge in [0, 0.05) is 18.9 Å². The number of fused-ring (bicyclic) bond motifs is 1. The second kappa shape index (κ2) is 7.95. The van der Waals surface area contributed by atoms with Crippen LogP contribution in [-0.2, 0) is 16.5 Å². The molecule has 8 heteroatoms. The average molecular weight is 382 g/mol. The maximum absolute atomic E-state index is 12.5. The predicted octanol–water partition coefficient (Wildman–Crippen LogP) is 2.32. The molecule has 146 valence electrons. The van der Waals surface area contributed by atoms with E-state index in [-0.39, 0.29) is 12.0 Å². The summed E-state index contributed by atoms with van der Waals surface area (Å²) in [6.07, 6.45) is 1.52. The molecule has 4 rings (SSSR count). The van der Waals surface area contributed by atoms with E-state index in [9.17, 15) is 4.79 Å². The van der Waals surface area contributed by atoms with Gasteiger partial charge in [-0.05, 0) is 36.8 Å². The molecule has 1 N–H and O–H groups in total. The van der Waals surface area contributed by atoms with Gasteiger partial charge in [-0.3, -0.25) is 14.5 Å². The van der Waals surface area contributed by atoms with Crippen molar-refractivity contribution in [2.45, 2.75) is 13.0 Å². The number of anilines is 1. The average Bonchev–Trinajstić information content (AvgIpc) is 3.03. The maximum Gasteiger partial charge on any atom is 0.274 e. The third-order valence-corrected chi connectivity index (χ3v) is 4.59. The SMILES string of the molecule is Cc1cccnc1C(=O)Nc1ccc2c(OCC3COCCO3)nn(C)c2c1. The smallest absolute Gasteiger partial charge is 0.274 e. The summed E-state index contributed by atoms with van der Waals surface area (Å²) < 4.78 is 18.6. The zero-order valence-corrected chi connectivity index (χ0v) is 15.8. The van der Waals surface area contributed by atoms with Crippen molar-refractivity contribution < 1.29 is 19.0 Å². The van der Waals surface area contributed by atoms with Crippen LogP contribution in [-0.4, -0.2) is 53.2 Å². The van der Waals surface area contributed by atoms with Gasteiger partial charge in [0.2, 0.25) is 5.88 Å². The van der Waals surface area contributed by atoms with Crippen molar-refractivity contribution in [3.8, 4) is 5.88 Å². The van der Waals surface area contributed by atoms with E-state index in [1.165, 1.54) is 0 Å². The third kappa shape index (κ3) is 3.83. The molecule has 0 aliphatic carbocycles. The van der Waals surface area contributed by atoms with Gasteiger partial charge in [-0.2, -0.15) is 0 Å². The first-order chi connectivity index (χ1) is 13.6. The molecule has 8 nitrogen and oxygen atoms in total. The molecule has 0 radical (unpaired) electrons. The van der Waals surface area contributed by atoms with E-state index in [0.29, 0.717) is 43.7 Å². The summed E-state index contributed by atoms with van der Waals surface area (Å²) in [5.41, 5.74) is 2.75. The van der Waals surface area contributed by atoms with Gasteiger partial charge < -0.3 is 19.5 Å². The third-order valence-electron chi connectivity index (χ3n) is 4.59. The Hall–Kier alpha value is -2.97. The molecule has 1 fully saturated rings. The minimum atomic E-state index is -0.245. The van der Waals surface area contributed by atoms with Gasteiger partial charge in [-0.25, -0.2) is 0 Å². The standard InChI is InChI=1S/C20H22N4O4/c1-13-4-3-7-21-18(13)19(25)22-14-5-6-16-17(10-14)24(2)23-20(16)28-12-15-11-26-8-9-27-15/h3-7,10,15H,8-9,11-12H2,1-2H3,(H,22,25). The van der Waals surface area contributed by atoms with Crippen LogP contribution in [0.5, 0.6) is 5.88 Å². The molecule has 1 aromatic carbocycles. The number of hydrogen-bond acceptors (Lipinski definition) is 6. The van der Waals surface area contributed by atoms with E-state index in [0.717, 1.165) is 16.5 Å². The Morgan fingerprint density at radius 2 is 2.25 bits per heavy atom. The topological polar surface area (TPSA) is 87.5 Å². The zero-order chi connectivity index (χ0) is 19.5. The molecule has 1 aliphatic heterocycles. The second-order valence-corrected chi connectivity index (χ2v) is 6.66. The molecule has 0 saturated carbocycles. The summed E-state index contributed by atoms with van der Waals surface area (Å²) in [5, 5.41) is 8.20. The summed E-state index contributed by atoms with van der Waals surface area (Å²) in [4.78, 5) is 16.6. The molecule has 1 amide bonds. The number of aryl methyl sites for hydroxylation is 2. The number of rotatable bonds is 5. The van der Waals surface area contributed by atoms with E-state index in [1.54, 1.807) is 16.9 Å². The van der Waals surface area contributed by atoms with Crippen molar-refractivity contribution in [2.75, 3.05) is 31.7 Å². The van der Waals surface area contributed by atoms with Crippen LogP contribution in [0.4, 0.5) is 5.69 Å². The molecular weight excluding hydrogens is 360 g/mol. The summed E-state index contributed by atoms with van der Waals surface area (Å²) in [7, 11) is 1.84. The fourth-order valence-corrected chi connectivity index (χ4v) is 3.13. The summed E-state index contributed by atoms with van der Waals surface area (Å²) in [6.45, 7) is 3.96. The molecule has 28 heavy (non-hydrogen) atoms. The van der Waals surface area contributed by atoms with Crippen molar-refractivity contribution >= 4 is 22.5 Å². The van der Waals surface area contributed by atoms with Gasteiger partial charge in [0.25, 0.3) is 5.91 Å². The minimum Gasteiger partial charge on any atom is -0.473 e. The molecule has 0 bridgehead atoms. The molecule has 1 unspecified atom stereocenters. The number of hydrogen-bond donors (Lipinski definition) is 1. The lowest BCUT2D eigenvalue weighted by Gasteiger charge is -2.22. The lowest BCUT2D eigenvalue weighted by atomic mass is 10.2. The number of aromatic nitrogens is 3. The molecule has 3 heterocycles. The molecule has 1 atom stereocenters. The molecule has 1 saturated heterocycles. The Bertz CT molecular complexity index is 995. The Kier molecular flexibility index (Phi) is 5.23. The van der Waals surface area contributed by atoms with Crippen LogP contribution >= 0.6 is 0 Å². The highest BCUT2D eigenvalue weighted by Crippen LogP contribution is 2.27. The highest BCUT2D eigenvalue weighted by Gasteiger charge is 2.18. The van der Waals surface area contributed by atoms with Gasteiger partial charge in [-0.1, -0.05) is 6.07 Å². The number of nitrogens with zero attached hydrogens (tertiary/aromatic N) is 3. The quantitative estimate of drug-likeness (QED) is 0.729. The van der Waals surface area contributed by atoms with Crippen molar-refractivity contribution in [1.29, 1.82) is 0 Å².